The third kappa shape index (κ3) is 2.57. The summed E-state index contributed by atoms with van der Waals surface area (Å²) in [5, 5.41) is 0.0576. The number of hydrogen-bond acceptors (Lipinski definition) is 1. The fourth-order valence-corrected chi connectivity index (χ4v) is 1.36. The summed E-state index contributed by atoms with van der Waals surface area (Å²) in [6.07, 6.45) is -3.34. The lowest BCUT2D eigenvalue weighted by molar-refractivity contribution is -0.141. The molecule has 6 heteroatoms. The van der Waals surface area contributed by atoms with E-state index in [4.69, 9.17) is 11.6 Å². The summed E-state index contributed by atoms with van der Waals surface area (Å²) in [4.78, 5) is 3.23. The molecule has 0 fully saturated rings. The Hall–Kier alpha value is -0.290. The van der Waals surface area contributed by atoms with Crippen LogP contribution in [0.5, 0.6) is 0 Å². The zero-order chi connectivity index (χ0) is 10.1. The van der Waals surface area contributed by atoms with Gasteiger partial charge in [-0.3, -0.25) is 4.98 Å². The van der Waals surface area contributed by atoms with Gasteiger partial charge in [0.05, 0.1) is 5.02 Å². The van der Waals surface area contributed by atoms with Crippen LogP contribution in [-0.4, -0.2) is 4.98 Å². The van der Waals surface area contributed by atoms with Gasteiger partial charge in [-0.15, -0.1) is 0 Å². The van der Waals surface area contributed by atoms with Gasteiger partial charge in [-0.2, -0.15) is 13.2 Å². The average Bonchev–Trinajstić information content (AvgIpc) is 2.01. The fraction of sp³-hybridized carbons (Fsp3) is 0.286. The normalized spacial score (nSPS) is 11.8. The predicted octanol–water partition coefficient (Wildman–Crippen LogP) is 3.65. The van der Waals surface area contributed by atoms with Crippen LogP contribution in [0, 0.1) is 0 Å². The third-order valence-corrected chi connectivity index (χ3v) is 2.26. The lowest BCUT2D eigenvalue weighted by Gasteiger charge is -2.07. The van der Waals surface area contributed by atoms with Crippen molar-refractivity contribution in [1.29, 1.82) is 0 Å². The molecule has 0 N–H and O–H groups in total. The highest BCUT2D eigenvalue weighted by Crippen LogP contribution is 2.33. The maximum absolute atomic E-state index is 12.1. The molecule has 1 aromatic rings. The Labute approximate surface area is 86.0 Å². The lowest BCUT2D eigenvalue weighted by Crippen LogP contribution is -2.08. The van der Waals surface area contributed by atoms with E-state index < -0.39 is 11.9 Å². The minimum Gasteiger partial charge on any atom is -0.250 e. The van der Waals surface area contributed by atoms with Gasteiger partial charge in [-0.1, -0.05) is 27.5 Å². The van der Waals surface area contributed by atoms with Gasteiger partial charge < -0.3 is 0 Å². The number of nitrogens with zero attached hydrogens (tertiary/aromatic N) is 1. The minimum absolute atomic E-state index is 0.371. The van der Waals surface area contributed by atoms with Crippen molar-refractivity contribution in [3.63, 3.8) is 0 Å². The van der Waals surface area contributed by atoms with Crippen LogP contribution < -0.4 is 0 Å². The van der Waals surface area contributed by atoms with Crippen molar-refractivity contribution in [2.75, 3.05) is 0 Å². The van der Waals surface area contributed by atoms with Crippen LogP contribution in [-0.2, 0) is 11.5 Å². The zero-order valence-corrected chi connectivity index (χ0v) is 8.54. The number of halogens is 5. The van der Waals surface area contributed by atoms with Crippen LogP contribution in [0.3, 0.4) is 0 Å². The summed E-state index contributed by atoms with van der Waals surface area (Å²) in [6, 6.07) is 1.24. The molecule has 0 unspecified atom stereocenters. The summed E-state index contributed by atoms with van der Waals surface area (Å²) in [5.74, 6) is 0. The van der Waals surface area contributed by atoms with Crippen LogP contribution in [0.4, 0.5) is 13.2 Å². The van der Waals surface area contributed by atoms with Crippen molar-refractivity contribution >= 4 is 27.5 Å². The molecule has 0 aliphatic rings. The average molecular weight is 274 g/mol. The lowest BCUT2D eigenvalue weighted by atomic mass is 10.3. The third-order valence-electron chi connectivity index (χ3n) is 1.32. The molecule has 0 aromatic carbocycles. The molecule has 1 rings (SSSR count). The first-order valence-corrected chi connectivity index (χ1v) is 4.72. The molecular formula is C7H4BrClF3N. The molecule has 1 nitrogen and oxygen atoms in total. The van der Waals surface area contributed by atoms with Crippen molar-refractivity contribution in [3.05, 3.63) is 28.5 Å². The Morgan fingerprint density at radius 3 is 2.46 bits per heavy atom. The smallest absolute Gasteiger partial charge is 0.250 e. The topological polar surface area (TPSA) is 12.9 Å². The van der Waals surface area contributed by atoms with Crippen LogP contribution in [0.1, 0.15) is 11.3 Å². The van der Waals surface area contributed by atoms with Crippen molar-refractivity contribution in [3.8, 4) is 0 Å². The second kappa shape index (κ2) is 3.84. The molecule has 0 amide bonds. The highest BCUT2D eigenvalue weighted by molar-refractivity contribution is 9.08. The minimum atomic E-state index is -4.48. The Balaban J connectivity index is 3.13. The summed E-state index contributed by atoms with van der Waals surface area (Å²) < 4.78 is 36.4. The van der Waals surface area contributed by atoms with E-state index in [1.54, 1.807) is 0 Å². The van der Waals surface area contributed by atoms with Crippen LogP contribution in [0.25, 0.3) is 0 Å². The predicted molar refractivity (Wildman–Crippen MR) is 46.9 cm³/mol. The number of aromatic nitrogens is 1. The highest BCUT2D eigenvalue weighted by atomic mass is 79.9. The Morgan fingerprint density at radius 1 is 1.46 bits per heavy atom. The molecule has 0 aliphatic carbocycles. The van der Waals surface area contributed by atoms with Gasteiger partial charge in [-0.05, 0) is 11.6 Å². The zero-order valence-electron chi connectivity index (χ0n) is 6.20. The molecular weight excluding hydrogens is 270 g/mol. The number of hydrogen-bond donors (Lipinski definition) is 0. The van der Waals surface area contributed by atoms with Gasteiger partial charge in [0.1, 0.15) is 0 Å². The first-order valence-electron chi connectivity index (χ1n) is 3.22. The first-order chi connectivity index (χ1) is 5.95. The molecule has 13 heavy (non-hydrogen) atoms. The standard InChI is InChI=1S/C7H4BrClF3N/c8-2-4-1-5(9)6(13-3-4)7(10,11)12/h1,3H,2H2. The quantitative estimate of drug-likeness (QED) is 0.712. The van der Waals surface area contributed by atoms with Gasteiger partial charge >= 0.3 is 6.18 Å². The van der Waals surface area contributed by atoms with Gasteiger partial charge in [0.15, 0.2) is 5.69 Å². The summed E-state index contributed by atoms with van der Waals surface area (Å²) >= 11 is 8.48. The van der Waals surface area contributed by atoms with E-state index >= 15 is 0 Å². The molecule has 0 bridgehead atoms. The first kappa shape index (κ1) is 10.8. The fourth-order valence-electron chi connectivity index (χ4n) is 0.759. The monoisotopic (exact) mass is 273 g/mol. The largest absolute Gasteiger partial charge is 0.434 e. The second-order valence-corrected chi connectivity index (χ2v) is 3.27. The van der Waals surface area contributed by atoms with E-state index in [0.717, 1.165) is 6.20 Å². The van der Waals surface area contributed by atoms with Crippen LogP contribution >= 0.6 is 27.5 Å². The number of alkyl halides is 4. The Morgan fingerprint density at radius 2 is 2.08 bits per heavy atom. The van der Waals surface area contributed by atoms with Crippen molar-refractivity contribution in [2.45, 2.75) is 11.5 Å². The Bertz CT molecular complexity index is 313. The maximum Gasteiger partial charge on any atom is 0.434 e. The molecule has 0 saturated heterocycles. The second-order valence-electron chi connectivity index (χ2n) is 2.31. The van der Waals surface area contributed by atoms with Gasteiger partial charge in [0.25, 0.3) is 0 Å². The molecule has 72 valence electrons. The summed E-state index contributed by atoms with van der Waals surface area (Å²) in [6.45, 7) is 0. The van der Waals surface area contributed by atoms with E-state index in [2.05, 4.69) is 20.9 Å². The molecule has 1 aromatic heterocycles. The summed E-state index contributed by atoms with van der Waals surface area (Å²) in [5.41, 5.74) is -0.433. The van der Waals surface area contributed by atoms with Crippen molar-refractivity contribution in [2.24, 2.45) is 0 Å². The van der Waals surface area contributed by atoms with E-state index in [1.165, 1.54) is 6.07 Å². The maximum atomic E-state index is 12.1. The van der Waals surface area contributed by atoms with E-state index in [1.807, 2.05) is 0 Å². The van der Waals surface area contributed by atoms with Gasteiger partial charge in [0, 0.05) is 11.5 Å². The number of pyridine rings is 1. The Kier molecular flexibility index (Phi) is 3.18. The summed E-state index contributed by atoms with van der Waals surface area (Å²) in [7, 11) is 0. The molecule has 0 spiro atoms. The van der Waals surface area contributed by atoms with Gasteiger partial charge in [0.2, 0.25) is 0 Å². The van der Waals surface area contributed by atoms with Crippen LogP contribution in [0.2, 0.25) is 5.02 Å². The van der Waals surface area contributed by atoms with E-state index in [9.17, 15) is 13.2 Å². The van der Waals surface area contributed by atoms with E-state index in [0.29, 0.717) is 10.9 Å². The molecule has 1 heterocycles. The van der Waals surface area contributed by atoms with Gasteiger partial charge in [-0.25, -0.2) is 0 Å². The highest BCUT2D eigenvalue weighted by Gasteiger charge is 2.35. The van der Waals surface area contributed by atoms with Crippen LogP contribution in [0.15, 0.2) is 12.3 Å². The van der Waals surface area contributed by atoms with Crippen molar-refractivity contribution < 1.29 is 13.2 Å². The molecule has 0 saturated carbocycles. The molecule has 0 radical (unpaired) electrons. The SMILES string of the molecule is FC(F)(F)c1ncc(CBr)cc1Cl. The van der Waals surface area contributed by atoms with E-state index in [-0.39, 0.29) is 5.02 Å². The molecule has 0 aliphatic heterocycles. The van der Waals surface area contributed by atoms with Crippen molar-refractivity contribution in [1.82, 2.24) is 4.98 Å². The molecule has 0 atom stereocenters. The number of rotatable bonds is 1.